The standard InChI is InChI=1S/C21H17N3O3/c1-14-19-12-22-13-23(19)18(21(14)16-5-3-2-4-6-16)11-20(25)15-7-9-17(10-8-15)24(26)27/h2-10,12-13,18H,11H2,1H3. The quantitative estimate of drug-likeness (QED) is 0.380. The molecule has 0 bridgehead atoms. The minimum Gasteiger partial charge on any atom is -0.323 e. The van der Waals surface area contributed by atoms with E-state index in [-0.39, 0.29) is 23.9 Å². The molecule has 2 heterocycles. The molecule has 1 aliphatic heterocycles. The molecule has 3 aromatic rings. The highest BCUT2D eigenvalue weighted by Crippen LogP contribution is 2.44. The van der Waals surface area contributed by atoms with Gasteiger partial charge in [-0.1, -0.05) is 30.3 Å². The fourth-order valence-electron chi connectivity index (χ4n) is 3.66. The summed E-state index contributed by atoms with van der Waals surface area (Å²) in [5, 5.41) is 10.8. The van der Waals surface area contributed by atoms with Crippen LogP contribution in [0.25, 0.3) is 11.1 Å². The molecule has 6 heteroatoms. The summed E-state index contributed by atoms with van der Waals surface area (Å²) in [4.78, 5) is 27.4. The third-order valence-electron chi connectivity index (χ3n) is 4.99. The Morgan fingerprint density at radius 1 is 1.15 bits per heavy atom. The number of rotatable bonds is 5. The van der Waals surface area contributed by atoms with Crippen molar-refractivity contribution >= 4 is 22.6 Å². The number of allylic oxidation sites excluding steroid dienone is 2. The summed E-state index contributed by atoms with van der Waals surface area (Å²) in [6.45, 7) is 2.05. The van der Waals surface area contributed by atoms with Crippen LogP contribution in [0.1, 0.15) is 41.0 Å². The molecule has 0 aliphatic carbocycles. The molecule has 0 spiro atoms. The van der Waals surface area contributed by atoms with E-state index in [9.17, 15) is 14.9 Å². The summed E-state index contributed by atoms with van der Waals surface area (Å²) in [6.07, 6.45) is 3.83. The van der Waals surface area contributed by atoms with Gasteiger partial charge in [-0.25, -0.2) is 4.98 Å². The zero-order valence-corrected chi connectivity index (χ0v) is 14.7. The molecule has 0 radical (unpaired) electrons. The van der Waals surface area contributed by atoms with E-state index in [2.05, 4.69) is 4.98 Å². The molecule has 134 valence electrons. The first kappa shape index (κ1) is 16.9. The van der Waals surface area contributed by atoms with E-state index in [0.29, 0.717) is 5.56 Å². The maximum absolute atomic E-state index is 12.9. The van der Waals surface area contributed by atoms with E-state index in [4.69, 9.17) is 0 Å². The molecular weight excluding hydrogens is 342 g/mol. The van der Waals surface area contributed by atoms with Gasteiger partial charge in [0.25, 0.3) is 5.69 Å². The molecule has 4 rings (SSSR count). The number of aromatic nitrogens is 2. The topological polar surface area (TPSA) is 78.0 Å². The van der Waals surface area contributed by atoms with Crippen LogP contribution < -0.4 is 0 Å². The van der Waals surface area contributed by atoms with Crippen LogP contribution in [0.5, 0.6) is 0 Å². The van der Waals surface area contributed by atoms with Gasteiger partial charge in [-0.05, 0) is 35.8 Å². The Morgan fingerprint density at radius 2 is 1.85 bits per heavy atom. The van der Waals surface area contributed by atoms with E-state index in [1.807, 2.05) is 48.0 Å². The largest absolute Gasteiger partial charge is 0.323 e. The summed E-state index contributed by atoms with van der Waals surface area (Å²) in [5.41, 5.74) is 4.77. The van der Waals surface area contributed by atoms with Crippen LogP contribution in [0, 0.1) is 10.1 Å². The first-order chi connectivity index (χ1) is 13.1. The molecule has 1 atom stereocenters. The lowest BCUT2D eigenvalue weighted by Gasteiger charge is -2.18. The Bertz CT molecular complexity index is 1050. The first-order valence-electron chi connectivity index (χ1n) is 8.62. The number of carbonyl (C=O) groups is 1. The van der Waals surface area contributed by atoms with Gasteiger partial charge < -0.3 is 4.57 Å². The van der Waals surface area contributed by atoms with Crippen molar-refractivity contribution in [3.05, 3.63) is 94.1 Å². The number of non-ortho nitro benzene ring substituents is 1. The Labute approximate surface area is 155 Å². The lowest BCUT2D eigenvalue weighted by molar-refractivity contribution is -0.384. The molecule has 0 amide bonds. The third kappa shape index (κ3) is 2.95. The van der Waals surface area contributed by atoms with Gasteiger partial charge in [0.05, 0.1) is 29.2 Å². The molecule has 27 heavy (non-hydrogen) atoms. The molecule has 0 fully saturated rings. The SMILES string of the molecule is CC1=C(c2ccccc2)C(CC(=O)c2ccc([N+](=O)[O-])cc2)n2cncc21. The van der Waals surface area contributed by atoms with Crippen LogP contribution in [0.2, 0.25) is 0 Å². The maximum atomic E-state index is 12.9. The van der Waals surface area contributed by atoms with Gasteiger partial charge >= 0.3 is 0 Å². The smallest absolute Gasteiger partial charge is 0.269 e. The van der Waals surface area contributed by atoms with Gasteiger partial charge in [-0.2, -0.15) is 0 Å². The molecular formula is C21H17N3O3. The predicted molar refractivity (Wildman–Crippen MR) is 102 cm³/mol. The summed E-state index contributed by atoms with van der Waals surface area (Å²) in [7, 11) is 0. The number of nitro benzene ring substituents is 1. The molecule has 0 saturated carbocycles. The lowest BCUT2D eigenvalue weighted by atomic mass is 9.91. The number of fused-ring (bicyclic) bond motifs is 1. The molecule has 6 nitrogen and oxygen atoms in total. The fourth-order valence-corrected chi connectivity index (χ4v) is 3.66. The van der Waals surface area contributed by atoms with Crippen molar-refractivity contribution in [2.75, 3.05) is 0 Å². The highest BCUT2D eigenvalue weighted by molar-refractivity contribution is 6.01. The van der Waals surface area contributed by atoms with E-state index in [1.54, 1.807) is 6.33 Å². The Morgan fingerprint density at radius 3 is 2.52 bits per heavy atom. The van der Waals surface area contributed by atoms with Gasteiger partial charge in [-0.15, -0.1) is 0 Å². The number of nitro groups is 1. The van der Waals surface area contributed by atoms with Crippen molar-refractivity contribution in [3.8, 4) is 0 Å². The summed E-state index contributed by atoms with van der Waals surface area (Å²) in [6, 6.07) is 15.6. The second kappa shape index (κ2) is 6.64. The minimum atomic E-state index is -0.470. The van der Waals surface area contributed by atoms with Crippen molar-refractivity contribution in [1.82, 2.24) is 9.55 Å². The van der Waals surface area contributed by atoms with E-state index >= 15 is 0 Å². The van der Waals surface area contributed by atoms with Crippen molar-refractivity contribution < 1.29 is 9.72 Å². The number of benzene rings is 2. The van der Waals surface area contributed by atoms with Crippen LogP contribution in [-0.4, -0.2) is 20.3 Å². The molecule has 2 aromatic carbocycles. The maximum Gasteiger partial charge on any atom is 0.269 e. The van der Waals surface area contributed by atoms with Crippen LogP contribution in [0.3, 0.4) is 0 Å². The van der Waals surface area contributed by atoms with E-state index < -0.39 is 4.92 Å². The van der Waals surface area contributed by atoms with Crippen LogP contribution >= 0.6 is 0 Å². The molecule has 0 N–H and O–H groups in total. The highest BCUT2D eigenvalue weighted by Gasteiger charge is 2.31. The number of hydrogen-bond acceptors (Lipinski definition) is 4. The first-order valence-corrected chi connectivity index (χ1v) is 8.62. The predicted octanol–water partition coefficient (Wildman–Crippen LogP) is 4.55. The fraction of sp³-hybridized carbons (Fsp3) is 0.143. The number of hydrogen-bond donors (Lipinski definition) is 0. The van der Waals surface area contributed by atoms with Gasteiger partial charge in [0, 0.05) is 24.1 Å². The monoisotopic (exact) mass is 359 g/mol. The number of imidazole rings is 1. The number of nitrogens with zero attached hydrogens (tertiary/aromatic N) is 3. The number of Topliss-reactive ketones (excluding diaryl/α,β-unsaturated/α-hetero) is 1. The zero-order chi connectivity index (χ0) is 19.0. The van der Waals surface area contributed by atoms with Gasteiger partial charge in [-0.3, -0.25) is 14.9 Å². The normalized spacial score (nSPS) is 15.7. The summed E-state index contributed by atoms with van der Waals surface area (Å²) in [5.74, 6) is -0.0577. The number of ketones is 1. The van der Waals surface area contributed by atoms with Gasteiger partial charge in [0.1, 0.15) is 0 Å². The summed E-state index contributed by atoms with van der Waals surface area (Å²) < 4.78 is 2.03. The Kier molecular flexibility index (Phi) is 4.16. The van der Waals surface area contributed by atoms with Crippen molar-refractivity contribution in [1.29, 1.82) is 0 Å². The van der Waals surface area contributed by atoms with E-state index in [1.165, 1.54) is 24.3 Å². The molecule has 1 unspecified atom stereocenters. The molecule has 0 saturated heterocycles. The van der Waals surface area contributed by atoms with Crippen LogP contribution in [-0.2, 0) is 0 Å². The molecule has 1 aliphatic rings. The Balaban J connectivity index is 1.67. The molecule has 1 aromatic heterocycles. The average Bonchev–Trinajstić information content (AvgIpc) is 3.26. The Hall–Kier alpha value is -3.54. The second-order valence-corrected chi connectivity index (χ2v) is 6.54. The van der Waals surface area contributed by atoms with Crippen molar-refractivity contribution in [3.63, 3.8) is 0 Å². The van der Waals surface area contributed by atoms with E-state index in [0.717, 1.165) is 22.4 Å². The lowest BCUT2D eigenvalue weighted by Crippen LogP contribution is -2.13. The minimum absolute atomic E-state index is 0.0231. The third-order valence-corrected chi connectivity index (χ3v) is 4.99. The number of carbonyl (C=O) groups excluding carboxylic acids is 1. The van der Waals surface area contributed by atoms with Gasteiger partial charge in [0.15, 0.2) is 5.78 Å². The zero-order valence-electron chi connectivity index (χ0n) is 14.7. The second-order valence-electron chi connectivity index (χ2n) is 6.54. The van der Waals surface area contributed by atoms with Gasteiger partial charge in [0.2, 0.25) is 0 Å². The highest BCUT2D eigenvalue weighted by atomic mass is 16.6. The summed E-state index contributed by atoms with van der Waals surface area (Å²) >= 11 is 0. The van der Waals surface area contributed by atoms with Crippen molar-refractivity contribution in [2.24, 2.45) is 0 Å². The average molecular weight is 359 g/mol. The van der Waals surface area contributed by atoms with Crippen molar-refractivity contribution in [2.45, 2.75) is 19.4 Å². The van der Waals surface area contributed by atoms with Crippen LogP contribution in [0.15, 0.2) is 67.1 Å². The van der Waals surface area contributed by atoms with Crippen LogP contribution in [0.4, 0.5) is 5.69 Å².